The molecule has 84 valence electrons. The van der Waals surface area contributed by atoms with E-state index in [1.807, 2.05) is 0 Å². The molecular formula is C7H12ClFO4S. The van der Waals surface area contributed by atoms with Crippen LogP contribution in [0.25, 0.3) is 0 Å². The van der Waals surface area contributed by atoms with Gasteiger partial charge in [0.25, 0.3) is 10.1 Å². The van der Waals surface area contributed by atoms with Gasteiger partial charge in [0.1, 0.15) is 0 Å². The maximum Gasteiger partial charge on any atom is 0.267 e. The molecule has 1 aliphatic rings. The molecule has 1 rings (SSSR count). The SMILES string of the molecule is CC1(C)C[C@](F)(Cl)[C@H](OS(C)(=O)=O)O1. The Balaban J connectivity index is 2.81. The lowest BCUT2D eigenvalue weighted by Gasteiger charge is -2.18. The molecule has 0 bridgehead atoms. The van der Waals surface area contributed by atoms with Gasteiger partial charge in [0.15, 0.2) is 0 Å². The van der Waals surface area contributed by atoms with E-state index >= 15 is 0 Å². The smallest absolute Gasteiger partial charge is 0.267 e. The van der Waals surface area contributed by atoms with Gasteiger partial charge in [0.05, 0.1) is 11.9 Å². The van der Waals surface area contributed by atoms with Gasteiger partial charge >= 0.3 is 0 Å². The van der Waals surface area contributed by atoms with Gasteiger partial charge in [0.2, 0.25) is 11.4 Å². The highest BCUT2D eigenvalue weighted by Crippen LogP contribution is 2.44. The maximum atomic E-state index is 13.6. The van der Waals surface area contributed by atoms with E-state index < -0.39 is 27.1 Å². The molecule has 1 heterocycles. The molecule has 0 aromatic heterocycles. The summed E-state index contributed by atoms with van der Waals surface area (Å²) in [5.41, 5.74) is -0.828. The Morgan fingerprint density at radius 3 is 2.36 bits per heavy atom. The van der Waals surface area contributed by atoms with Crippen molar-refractivity contribution in [1.82, 2.24) is 0 Å². The Morgan fingerprint density at radius 1 is 1.57 bits per heavy atom. The molecule has 1 saturated heterocycles. The van der Waals surface area contributed by atoms with Crippen molar-refractivity contribution in [3.8, 4) is 0 Å². The van der Waals surface area contributed by atoms with Crippen molar-refractivity contribution >= 4 is 21.7 Å². The third-order valence-corrected chi connectivity index (χ3v) is 2.53. The normalized spacial score (nSPS) is 37.4. The van der Waals surface area contributed by atoms with Gasteiger partial charge in [-0.2, -0.15) is 8.42 Å². The van der Waals surface area contributed by atoms with Crippen molar-refractivity contribution < 1.29 is 21.7 Å². The third kappa shape index (κ3) is 3.05. The number of hydrogen-bond donors (Lipinski definition) is 0. The molecule has 0 saturated carbocycles. The van der Waals surface area contributed by atoms with Crippen LogP contribution in [0, 0.1) is 0 Å². The fourth-order valence-electron chi connectivity index (χ4n) is 1.32. The predicted molar refractivity (Wildman–Crippen MR) is 49.2 cm³/mol. The first-order chi connectivity index (χ1) is 6.02. The fourth-order valence-corrected chi connectivity index (χ4v) is 2.29. The molecule has 1 aliphatic heterocycles. The first-order valence-electron chi connectivity index (χ1n) is 3.96. The minimum atomic E-state index is -3.78. The lowest BCUT2D eigenvalue weighted by molar-refractivity contribution is -0.126. The first kappa shape index (κ1) is 12.2. The number of alkyl halides is 2. The average molecular weight is 247 g/mol. The molecule has 2 atom stereocenters. The van der Waals surface area contributed by atoms with Crippen LogP contribution in [-0.2, 0) is 19.0 Å². The highest BCUT2D eigenvalue weighted by atomic mass is 35.5. The molecule has 0 N–H and O–H groups in total. The third-order valence-electron chi connectivity index (χ3n) is 1.69. The molecule has 0 radical (unpaired) electrons. The van der Waals surface area contributed by atoms with Crippen LogP contribution >= 0.6 is 11.6 Å². The zero-order valence-electron chi connectivity index (χ0n) is 8.08. The van der Waals surface area contributed by atoms with Gasteiger partial charge < -0.3 is 4.74 Å². The second kappa shape index (κ2) is 3.30. The molecular weight excluding hydrogens is 235 g/mol. The van der Waals surface area contributed by atoms with Crippen LogP contribution in [0.3, 0.4) is 0 Å². The number of hydrogen-bond acceptors (Lipinski definition) is 4. The van der Waals surface area contributed by atoms with Crippen molar-refractivity contribution in [3.05, 3.63) is 0 Å². The lowest BCUT2D eigenvalue weighted by atomic mass is 10.1. The predicted octanol–water partition coefficient (Wildman–Crippen LogP) is 1.39. The highest BCUT2D eigenvalue weighted by Gasteiger charge is 2.54. The van der Waals surface area contributed by atoms with Gasteiger partial charge in [-0.05, 0) is 13.8 Å². The van der Waals surface area contributed by atoms with Crippen LogP contribution in [0.2, 0.25) is 0 Å². The minimum Gasteiger partial charge on any atom is -0.341 e. The maximum absolute atomic E-state index is 13.6. The molecule has 1 fully saturated rings. The van der Waals surface area contributed by atoms with E-state index in [2.05, 4.69) is 4.18 Å². The number of halogens is 2. The molecule has 0 aromatic rings. The zero-order chi connectivity index (χ0) is 11.2. The Bertz CT molecular complexity index is 325. The van der Waals surface area contributed by atoms with Crippen LogP contribution in [-0.4, -0.2) is 31.7 Å². The van der Waals surface area contributed by atoms with E-state index in [0.717, 1.165) is 6.26 Å². The van der Waals surface area contributed by atoms with E-state index in [4.69, 9.17) is 16.3 Å². The van der Waals surface area contributed by atoms with Gasteiger partial charge in [-0.15, -0.1) is 0 Å². The van der Waals surface area contributed by atoms with E-state index in [-0.39, 0.29) is 6.42 Å². The van der Waals surface area contributed by atoms with Gasteiger partial charge in [-0.25, -0.2) is 8.57 Å². The molecule has 0 aliphatic carbocycles. The van der Waals surface area contributed by atoms with Crippen LogP contribution in [0.5, 0.6) is 0 Å². The Hall–Kier alpha value is 0.0900. The summed E-state index contributed by atoms with van der Waals surface area (Å²) in [6.07, 6.45) is -0.884. The van der Waals surface area contributed by atoms with Crippen LogP contribution < -0.4 is 0 Å². The summed E-state index contributed by atoms with van der Waals surface area (Å²) in [5.74, 6) is 0. The van der Waals surface area contributed by atoms with Crippen LogP contribution in [0.15, 0.2) is 0 Å². The monoisotopic (exact) mass is 246 g/mol. The second-order valence-corrected chi connectivity index (χ2v) is 6.18. The molecule has 14 heavy (non-hydrogen) atoms. The minimum absolute atomic E-state index is 0.123. The molecule has 0 amide bonds. The number of rotatable bonds is 2. The Labute approximate surface area is 87.5 Å². The second-order valence-electron chi connectivity index (χ2n) is 3.95. The first-order valence-corrected chi connectivity index (χ1v) is 6.15. The van der Waals surface area contributed by atoms with Gasteiger partial charge in [-0.3, -0.25) is 0 Å². The molecule has 4 nitrogen and oxygen atoms in total. The molecule has 0 aromatic carbocycles. The van der Waals surface area contributed by atoms with Gasteiger partial charge in [-0.1, -0.05) is 11.6 Å². The quantitative estimate of drug-likeness (QED) is 0.546. The summed E-state index contributed by atoms with van der Waals surface area (Å²) in [5, 5.41) is -2.30. The molecule has 0 spiro atoms. The summed E-state index contributed by atoms with van der Waals surface area (Å²) in [7, 11) is -3.78. The zero-order valence-corrected chi connectivity index (χ0v) is 9.65. The van der Waals surface area contributed by atoms with Crippen LogP contribution in [0.4, 0.5) is 4.39 Å². The lowest BCUT2D eigenvalue weighted by Crippen LogP contribution is -2.32. The molecule has 7 heteroatoms. The largest absolute Gasteiger partial charge is 0.341 e. The summed E-state index contributed by atoms with van der Waals surface area (Å²) < 4.78 is 44.5. The van der Waals surface area contributed by atoms with Crippen molar-refractivity contribution in [2.45, 2.75) is 37.3 Å². The van der Waals surface area contributed by atoms with E-state index in [1.54, 1.807) is 13.8 Å². The van der Waals surface area contributed by atoms with E-state index in [9.17, 15) is 12.8 Å². The fraction of sp³-hybridized carbons (Fsp3) is 1.00. The highest BCUT2D eigenvalue weighted by molar-refractivity contribution is 7.86. The summed E-state index contributed by atoms with van der Waals surface area (Å²) in [6, 6.07) is 0. The topological polar surface area (TPSA) is 52.6 Å². The van der Waals surface area contributed by atoms with Crippen molar-refractivity contribution in [3.63, 3.8) is 0 Å². The Kier molecular flexibility index (Phi) is 2.86. The molecule has 0 unspecified atom stereocenters. The van der Waals surface area contributed by atoms with Crippen molar-refractivity contribution in [2.24, 2.45) is 0 Å². The van der Waals surface area contributed by atoms with Gasteiger partial charge in [0, 0.05) is 6.42 Å². The van der Waals surface area contributed by atoms with Crippen molar-refractivity contribution in [1.29, 1.82) is 0 Å². The standard InChI is InChI=1S/C7H12ClFO4S/c1-6(2)4-7(8,9)5(12-6)13-14(3,10)11/h5H,4H2,1-3H3/t5-,7+/m0/s1. The number of ether oxygens (including phenoxy) is 1. The van der Waals surface area contributed by atoms with E-state index in [0.29, 0.717) is 0 Å². The summed E-state index contributed by atoms with van der Waals surface area (Å²) >= 11 is 5.44. The average Bonchev–Trinajstić information content (AvgIpc) is 1.94. The Morgan fingerprint density at radius 2 is 2.07 bits per heavy atom. The summed E-state index contributed by atoms with van der Waals surface area (Å²) in [6.45, 7) is 3.21. The van der Waals surface area contributed by atoms with E-state index in [1.165, 1.54) is 0 Å². The van der Waals surface area contributed by atoms with Crippen molar-refractivity contribution in [2.75, 3.05) is 6.26 Å². The van der Waals surface area contributed by atoms with Crippen LogP contribution in [0.1, 0.15) is 20.3 Å². The summed E-state index contributed by atoms with van der Waals surface area (Å²) in [4.78, 5) is 0.